The molecule has 24 heavy (non-hydrogen) atoms. The van der Waals surface area contributed by atoms with Gasteiger partial charge in [0.2, 0.25) is 6.41 Å². The lowest BCUT2D eigenvalue weighted by Gasteiger charge is -2.58. The Hall–Kier alpha value is -0.830. The first-order chi connectivity index (χ1) is 11.4. The van der Waals surface area contributed by atoms with E-state index in [1.54, 1.807) is 5.57 Å². The fourth-order valence-electron chi connectivity index (χ4n) is 7.36. The maximum Gasteiger partial charge on any atom is 0.209 e. The Morgan fingerprint density at radius 3 is 2.71 bits per heavy atom. The van der Waals surface area contributed by atoms with Gasteiger partial charge in [0.15, 0.2) is 0 Å². The van der Waals surface area contributed by atoms with E-state index in [1.165, 1.54) is 32.1 Å². The largest absolute Gasteiger partial charge is 0.393 e. The number of hydrogen-bond donors (Lipinski definition) is 1. The zero-order chi connectivity index (χ0) is 17.1. The predicted octanol–water partition coefficient (Wildman–Crippen LogP) is 3.77. The van der Waals surface area contributed by atoms with Gasteiger partial charge in [-0.25, -0.2) is 0 Å². The Morgan fingerprint density at radius 1 is 1.17 bits per heavy atom. The Kier molecular flexibility index (Phi) is 3.87. The minimum Gasteiger partial charge on any atom is -0.393 e. The fraction of sp³-hybridized carbons (Fsp3) is 0.857. The van der Waals surface area contributed by atoms with Crippen LogP contribution in [0, 0.1) is 28.6 Å². The molecule has 4 aliphatic rings. The lowest BCUT2D eigenvalue weighted by atomic mass is 9.48. The molecule has 0 aliphatic heterocycles. The van der Waals surface area contributed by atoms with E-state index in [2.05, 4.69) is 19.9 Å². The van der Waals surface area contributed by atoms with Crippen LogP contribution in [0.15, 0.2) is 11.6 Å². The SMILES string of the molecule is CN(C=O)[C@H]1CC[C@H]2[C@@H]3CC=C4C[C@@H](O)CC[C@]4(C)[C@H]3CC[C@]12C. The number of amides is 1. The Labute approximate surface area is 146 Å². The molecule has 0 heterocycles. The minimum absolute atomic E-state index is 0.119. The van der Waals surface area contributed by atoms with E-state index in [-0.39, 0.29) is 6.10 Å². The second kappa shape index (κ2) is 5.59. The zero-order valence-electron chi connectivity index (χ0n) is 15.5. The van der Waals surface area contributed by atoms with Crippen LogP contribution in [0.4, 0.5) is 0 Å². The highest BCUT2D eigenvalue weighted by atomic mass is 16.3. The summed E-state index contributed by atoms with van der Waals surface area (Å²) in [5.41, 5.74) is 2.16. The van der Waals surface area contributed by atoms with Gasteiger partial charge in [-0.3, -0.25) is 4.79 Å². The smallest absolute Gasteiger partial charge is 0.209 e. The number of rotatable bonds is 2. The molecule has 0 unspecified atom stereocenters. The molecule has 3 nitrogen and oxygen atoms in total. The van der Waals surface area contributed by atoms with E-state index < -0.39 is 0 Å². The fourth-order valence-corrected chi connectivity index (χ4v) is 7.36. The van der Waals surface area contributed by atoms with Crippen molar-refractivity contribution in [2.24, 2.45) is 28.6 Å². The van der Waals surface area contributed by atoms with Gasteiger partial charge in [0.25, 0.3) is 0 Å². The summed E-state index contributed by atoms with van der Waals surface area (Å²) < 4.78 is 0. The van der Waals surface area contributed by atoms with E-state index in [0.717, 1.165) is 43.4 Å². The zero-order valence-corrected chi connectivity index (χ0v) is 15.5. The second-order valence-corrected chi connectivity index (χ2v) is 9.56. The molecule has 1 amide bonds. The molecule has 7 atom stereocenters. The van der Waals surface area contributed by atoms with Crippen molar-refractivity contribution in [1.82, 2.24) is 4.90 Å². The van der Waals surface area contributed by atoms with Crippen molar-refractivity contribution in [2.75, 3.05) is 7.05 Å². The van der Waals surface area contributed by atoms with Crippen LogP contribution in [0.2, 0.25) is 0 Å². The van der Waals surface area contributed by atoms with Crippen molar-refractivity contribution in [1.29, 1.82) is 0 Å². The standard InChI is InChI=1S/C21H33NO2/c1-20-10-8-15(24)12-14(20)4-5-16-17-6-7-19(22(3)13-23)21(17,2)11-9-18(16)20/h4,13,15-19,24H,5-12H2,1-3H3/t15-,16-,17-,18-,19-,20-,21-/m0/s1. The van der Waals surface area contributed by atoms with Crippen LogP contribution in [-0.2, 0) is 4.79 Å². The van der Waals surface area contributed by atoms with Crippen molar-refractivity contribution in [3.8, 4) is 0 Å². The number of carbonyl (C=O) groups excluding carboxylic acids is 1. The van der Waals surface area contributed by atoms with Crippen molar-refractivity contribution < 1.29 is 9.90 Å². The number of aliphatic hydroxyl groups excluding tert-OH is 1. The van der Waals surface area contributed by atoms with Crippen molar-refractivity contribution in [3.05, 3.63) is 11.6 Å². The molecule has 3 fully saturated rings. The molecule has 134 valence electrons. The summed E-state index contributed by atoms with van der Waals surface area (Å²) in [5, 5.41) is 10.1. The van der Waals surface area contributed by atoms with Gasteiger partial charge in [0.05, 0.1) is 6.10 Å². The highest BCUT2D eigenvalue weighted by Crippen LogP contribution is 2.65. The van der Waals surface area contributed by atoms with Gasteiger partial charge >= 0.3 is 0 Å². The molecule has 0 spiro atoms. The summed E-state index contributed by atoms with van der Waals surface area (Å²) in [6.07, 6.45) is 12.6. The summed E-state index contributed by atoms with van der Waals surface area (Å²) in [7, 11) is 1.97. The molecular weight excluding hydrogens is 298 g/mol. The topological polar surface area (TPSA) is 40.5 Å². The third-order valence-corrected chi connectivity index (χ3v) is 8.69. The lowest BCUT2D eigenvalue weighted by Crippen LogP contribution is -2.53. The number of allylic oxidation sites excluding steroid dienone is 1. The third-order valence-electron chi connectivity index (χ3n) is 8.69. The highest BCUT2D eigenvalue weighted by Gasteiger charge is 2.59. The van der Waals surface area contributed by atoms with Crippen molar-refractivity contribution >= 4 is 6.41 Å². The van der Waals surface area contributed by atoms with Gasteiger partial charge in [-0.05, 0) is 80.0 Å². The Morgan fingerprint density at radius 2 is 1.96 bits per heavy atom. The molecule has 4 aliphatic carbocycles. The van der Waals surface area contributed by atoms with Crippen molar-refractivity contribution in [3.63, 3.8) is 0 Å². The van der Waals surface area contributed by atoms with E-state index in [9.17, 15) is 9.90 Å². The van der Waals surface area contributed by atoms with Crippen LogP contribution in [-0.4, -0.2) is 35.6 Å². The maximum atomic E-state index is 11.4. The van der Waals surface area contributed by atoms with Gasteiger partial charge in [0, 0.05) is 13.1 Å². The molecule has 1 N–H and O–H groups in total. The van der Waals surface area contributed by atoms with Gasteiger partial charge in [-0.2, -0.15) is 0 Å². The number of fused-ring (bicyclic) bond motifs is 5. The summed E-state index contributed by atoms with van der Waals surface area (Å²) in [4.78, 5) is 13.3. The van der Waals surface area contributed by atoms with Crippen LogP contribution >= 0.6 is 0 Å². The first-order valence-electron chi connectivity index (χ1n) is 9.95. The molecule has 3 heteroatoms. The molecule has 3 saturated carbocycles. The first-order valence-corrected chi connectivity index (χ1v) is 9.95. The van der Waals surface area contributed by atoms with Crippen LogP contribution in [0.1, 0.15) is 65.2 Å². The minimum atomic E-state index is -0.119. The normalized spacial score (nSPS) is 50.3. The summed E-state index contributed by atoms with van der Waals surface area (Å²) in [6, 6.07) is 0.423. The maximum absolute atomic E-state index is 11.4. The molecule has 0 aromatic carbocycles. The van der Waals surface area contributed by atoms with Crippen LogP contribution < -0.4 is 0 Å². The number of carbonyl (C=O) groups is 1. The van der Waals surface area contributed by atoms with Gasteiger partial charge < -0.3 is 10.0 Å². The van der Waals surface area contributed by atoms with E-state index >= 15 is 0 Å². The number of hydrogen-bond acceptors (Lipinski definition) is 2. The molecule has 0 bridgehead atoms. The van der Waals surface area contributed by atoms with Gasteiger partial charge in [-0.15, -0.1) is 0 Å². The molecule has 0 saturated heterocycles. The van der Waals surface area contributed by atoms with E-state index in [4.69, 9.17) is 0 Å². The van der Waals surface area contributed by atoms with E-state index in [0.29, 0.717) is 16.9 Å². The average Bonchev–Trinajstić information content (AvgIpc) is 2.92. The molecular formula is C21H33NO2. The second-order valence-electron chi connectivity index (χ2n) is 9.56. The lowest BCUT2D eigenvalue weighted by molar-refractivity contribution is -0.123. The van der Waals surface area contributed by atoms with Crippen molar-refractivity contribution in [2.45, 2.75) is 77.4 Å². The molecule has 4 rings (SSSR count). The molecule has 0 aromatic heterocycles. The van der Waals surface area contributed by atoms with E-state index in [1.807, 2.05) is 11.9 Å². The predicted molar refractivity (Wildman–Crippen MR) is 95.3 cm³/mol. The number of nitrogens with zero attached hydrogens (tertiary/aromatic N) is 1. The van der Waals surface area contributed by atoms with Crippen LogP contribution in [0.3, 0.4) is 0 Å². The monoisotopic (exact) mass is 331 g/mol. The van der Waals surface area contributed by atoms with Crippen LogP contribution in [0.25, 0.3) is 0 Å². The highest BCUT2D eigenvalue weighted by molar-refractivity contribution is 5.47. The third kappa shape index (κ3) is 2.16. The Bertz CT molecular complexity index is 558. The average molecular weight is 332 g/mol. The van der Waals surface area contributed by atoms with Crippen LogP contribution in [0.5, 0.6) is 0 Å². The first kappa shape index (κ1) is 16.6. The van der Waals surface area contributed by atoms with Gasteiger partial charge in [0.1, 0.15) is 0 Å². The van der Waals surface area contributed by atoms with Gasteiger partial charge in [-0.1, -0.05) is 25.5 Å². The number of aliphatic hydroxyl groups is 1. The summed E-state index contributed by atoms with van der Waals surface area (Å²) in [5.74, 6) is 2.31. The Balaban J connectivity index is 1.64. The molecule has 0 radical (unpaired) electrons. The quantitative estimate of drug-likeness (QED) is 0.618. The summed E-state index contributed by atoms with van der Waals surface area (Å²) in [6.45, 7) is 4.94. The molecule has 0 aromatic rings. The summed E-state index contributed by atoms with van der Waals surface area (Å²) >= 11 is 0.